The number of fused-ring (bicyclic) bond motifs is 1. The lowest BCUT2D eigenvalue weighted by Crippen LogP contribution is -2.53. The molecule has 1 N–H and O–H groups in total. The highest BCUT2D eigenvalue weighted by atomic mass is 16.5. The van der Waals surface area contributed by atoms with E-state index in [0.717, 1.165) is 18.7 Å². The third-order valence-corrected chi connectivity index (χ3v) is 5.28. The van der Waals surface area contributed by atoms with Gasteiger partial charge in [-0.2, -0.15) is 5.26 Å². The van der Waals surface area contributed by atoms with E-state index in [2.05, 4.69) is 27.9 Å². The van der Waals surface area contributed by atoms with Crippen LogP contribution in [-0.2, 0) is 9.53 Å². The summed E-state index contributed by atoms with van der Waals surface area (Å²) in [5, 5.41) is 18.7. The van der Waals surface area contributed by atoms with Gasteiger partial charge in [-0.3, -0.25) is 19.7 Å². The van der Waals surface area contributed by atoms with Gasteiger partial charge in [0.05, 0.1) is 30.4 Å². The molecule has 2 unspecified atom stereocenters. The molecule has 2 fully saturated rings. The van der Waals surface area contributed by atoms with Crippen LogP contribution in [0.4, 0.5) is 5.69 Å². The van der Waals surface area contributed by atoms with E-state index in [4.69, 9.17) is 4.74 Å². The molecule has 3 heterocycles. The smallest absolute Gasteiger partial charge is 0.320 e. The molecule has 4 rings (SSSR count). The number of aliphatic hydroxyl groups is 1. The maximum atomic E-state index is 12.2. The molecular formula is C20H23N5O3. The van der Waals surface area contributed by atoms with E-state index in [1.807, 2.05) is 11.0 Å². The molecule has 2 aromatic rings. The number of likely N-dealkylation sites (tertiary alicyclic amines) is 1. The third kappa shape index (κ3) is 3.77. The van der Waals surface area contributed by atoms with Gasteiger partial charge in [-0.05, 0) is 24.5 Å². The largest absolute Gasteiger partial charge is 0.460 e. The number of aliphatic hydroxyl groups excluding tert-OH is 1. The Balaban J connectivity index is 1.50. The number of rotatable bonds is 4. The van der Waals surface area contributed by atoms with Gasteiger partial charge in [-0.15, -0.1) is 0 Å². The van der Waals surface area contributed by atoms with Crippen LogP contribution in [0, 0.1) is 17.2 Å². The number of benzene rings is 1. The summed E-state index contributed by atoms with van der Waals surface area (Å²) >= 11 is 0. The van der Waals surface area contributed by atoms with Gasteiger partial charge in [0.1, 0.15) is 23.2 Å². The van der Waals surface area contributed by atoms with Crippen LogP contribution in [0.5, 0.6) is 0 Å². The molecule has 0 bridgehead atoms. The molecule has 0 aliphatic carbocycles. The first-order valence-corrected chi connectivity index (χ1v) is 9.52. The van der Waals surface area contributed by atoms with Gasteiger partial charge in [0.2, 0.25) is 0 Å². The normalized spacial score (nSPS) is 23.2. The van der Waals surface area contributed by atoms with Crippen molar-refractivity contribution in [3.05, 3.63) is 30.1 Å². The number of nitrogens with zero attached hydrogens (tertiary/aromatic N) is 5. The molecule has 8 nitrogen and oxygen atoms in total. The first kappa shape index (κ1) is 18.6. The minimum absolute atomic E-state index is 0.204. The zero-order chi connectivity index (χ0) is 19.7. The van der Waals surface area contributed by atoms with Crippen LogP contribution in [-0.4, -0.2) is 70.9 Å². The number of β-amino-alcohol motifs (C(OH)–C–C–N with tert-alkyl or cyclic N) is 1. The van der Waals surface area contributed by atoms with Crippen molar-refractivity contribution in [2.45, 2.75) is 25.6 Å². The summed E-state index contributed by atoms with van der Waals surface area (Å²) in [6, 6.07) is 5.83. The molecule has 0 spiro atoms. The molecule has 0 saturated carbocycles. The lowest BCUT2D eigenvalue weighted by Gasteiger charge is -2.39. The number of ether oxygens (including phenoxy) is 1. The minimum atomic E-state index is -0.330. The average Bonchev–Trinajstić information content (AvgIpc) is 2.65. The van der Waals surface area contributed by atoms with Crippen molar-refractivity contribution in [2.24, 2.45) is 5.92 Å². The van der Waals surface area contributed by atoms with Gasteiger partial charge in [-0.25, -0.2) is 0 Å². The summed E-state index contributed by atoms with van der Waals surface area (Å²) in [6.07, 6.45) is 3.49. The number of piperidine rings is 1. The lowest BCUT2D eigenvalue weighted by molar-refractivity contribution is -0.153. The van der Waals surface area contributed by atoms with E-state index in [0.29, 0.717) is 42.1 Å². The summed E-state index contributed by atoms with van der Waals surface area (Å²) in [5.41, 5.74) is 2.68. The Morgan fingerprint density at radius 2 is 2.00 bits per heavy atom. The molecule has 2 saturated heterocycles. The third-order valence-electron chi connectivity index (χ3n) is 5.28. The second-order valence-electron chi connectivity index (χ2n) is 7.70. The fourth-order valence-electron chi connectivity index (χ4n) is 4.04. The summed E-state index contributed by atoms with van der Waals surface area (Å²) in [7, 11) is 0. The molecule has 0 amide bonds. The van der Waals surface area contributed by atoms with Crippen LogP contribution in [0.2, 0.25) is 0 Å². The number of hydrogen-bond acceptors (Lipinski definition) is 8. The number of anilines is 1. The lowest BCUT2D eigenvalue weighted by atomic mass is 9.96. The quantitative estimate of drug-likeness (QED) is 0.781. The number of carbonyl (C=O) groups excluding carboxylic acids is 1. The summed E-state index contributed by atoms with van der Waals surface area (Å²) in [4.78, 5) is 25.1. The van der Waals surface area contributed by atoms with Gasteiger partial charge in [0, 0.05) is 32.0 Å². The highest BCUT2D eigenvalue weighted by molar-refractivity contribution is 5.92. The summed E-state index contributed by atoms with van der Waals surface area (Å²) in [6.45, 7) is 4.81. The van der Waals surface area contributed by atoms with Crippen LogP contribution in [0.25, 0.3) is 11.0 Å². The highest BCUT2D eigenvalue weighted by Crippen LogP contribution is 2.30. The van der Waals surface area contributed by atoms with Crippen molar-refractivity contribution in [3.8, 4) is 6.07 Å². The molecule has 8 heteroatoms. The Labute approximate surface area is 163 Å². The monoisotopic (exact) mass is 381 g/mol. The van der Waals surface area contributed by atoms with Gasteiger partial charge in [0.25, 0.3) is 0 Å². The Hall–Kier alpha value is -2.76. The van der Waals surface area contributed by atoms with Crippen molar-refractivity contribution < 1.29 is 14.6 Å². The minimum Gasteiger partial charge on any atom is -0.460 e. The Morgan fingerprint density at radius 1 is 1.25 bits per heavy atom. The predicted molar refractivity (Wildman–Crippen MR) is 103 cm³/mol. The molecule has 2 aliphatic heterocycles. The molecule has 1 aromatic carbocycles. The van der Waals surface area contributed by atoms with E-state index in [-0.39, 0.29) is 24.7 Å². The summed E-state index contributed by atoms with van der Waals surface area (Å²) in [5.74, 6) is 0.0928. The Kier molecular flexibility index (Phi) is 5.11. The van der Waals surface area contributed by atoms with Gasteiger partial charge in [-0.1, -0.05) is 6.92 Å². The number of esters is 1. The Bertz CT molecular complexity index is 922. The van der Waals surface area contributed by atoms with Crippen molar-refractivity contribution in [1.29, 1.82) is 5.26 Å². The van der Waals surface area contributed by atoms with Crippen LogP contribution in [0.1, 0.15) is 18.9 Å². The molecule has 2 aliphatic rings. The van der Waals surface area contributed by atoms with E-state index in [9.17, 15) is 15.2 Å². The fourth-order valence-corrected chi connectivity index (χ4v) is 4.04. The zero-order valence-corrected chi connectivity index (χ0v) is 15.8. The standard InChI is InChI=1S/C20H23N5O3/c1-13-6-16(28-18(27)12-24-9-15(26)10-24)11-25(8-13)17-3-2-14(7-21)19-20(17)23-5-4-22-19/h2-5,13,15-16,26H,6,8-12H2,1H3. The maximum absolute atomic E-state index is 12.2. The molecule has 146 valence electrons. The first-order chi connectivity index (χ1) is 13.5. The highest BCUT2D eigenvalue weighted by Gasteiger charge is 2.31. The first-order valence-electron chi connectivity index (χ1n) is 9.52. The van der Waals surface area contributed by atoms with Crippen molar-refractivity contribution in [1.82, 2.24) is 14.9 Å². The van der Waals surface area contributed by atoms with E-state index >= 15 is 0 Å². The predicted octanol–water partition coefficient (Wildman–Crippen LogP) is 0.936. The summed E-state index contributed by atoms with van der Waals surface area (Å²) < 4.78 is 5.72. The van der Waals surface area contributed by atoms with Crippen LogP contribution in [0.3, 0.4) is 0 Å². The average molecular weight is 381 g/mol. The maximum Gasteiger partial charge on any atom is 0.320 e. The number of hydrogen-bond donors (Lipinski definition) is 1. The molecule has 28 heavy (non-hydrogen) atoms. The number of nitriles is 1. The molecular weight excluding hydrogens is 358 g/mol. The van der Waals surface area contributed by atoms with Crippen molar-refractivity contribution in [3.63, 3.8) is 0 Å². The zero-order valence-electron chi connectivity index (χ0n) is 15.8. The van der Waals surface area contributed by atoms with Gasteiger partial charge < -0.3 is 14.7 Å². The van der Waals surface area contributed by atoms with Crippen LogP contribution < -0.4 is 4.90 Å². The van der Waals surface area contributed by atoms with Crippen LogP contribution in [0.15, 0.2) is 24.5 Å². The number of carbonyl (C=O) groups is 1. The van der Waals surface area contributed by atoms with E-state index in [1.165, 1.54) is 0 Å². The molecule has 2 atom stereocenters. The molecule has 0 radical (unpaired) electrons. The van der Waals surface area contributed by atoms with Crippen LogP contribution >= 0.6 is 0 Å². The molecule has 1 aromatic heterocycles. The topological polar surface area (TPSA) is 103 Å². The van der Waals surface area contributed by atoms with Gasteiger partial charge >= 0.3 is 5.97 Å². The van der Waals surface area contributed by atoms with Crippen molar-refractivity contribution in [2.75, 3.05) is 37.6 Å². The second kappa shape index (κ2) is 7.70. The SMILES string of the molecule is CC1CC(OC(=O)CN2CC(O)C2)CN(c2ccc(C#N)c3nccnc23)C1. The van der Waals surface area contributed by atoms with Gasteiger partial charge in [0.15, 0.2) is 0 Å². The van der Waals surface area contributed by atoms with E-state index < -0.39 is 0 Å². The van der Waals surface area contributed by atoms with E-state index in [1.54, 1.807) is 18.5 Å². The Morgan fingerprint density at radius 3 is 2.71 bits per heavy atom. The number of aromatic nitrogens is 2. The second-order valence-corrected chi connectivity index (χ2v) is 7.70. The van der Waals surface area contributed by atoms with Crippen molar-refractivity contribution >= 4 is 22.7 Å². The fraction of sp³-hybridized carbons (Fsp3) is 0.500.